The highest BCUT2D eigenvalue weighted by Gasteiger charge is 2.30. The summed E-state index contributed by atoms with van der Waals surface area (Å²) in [5, 5.41) is 3.09. The van der Waals surface area contributed by atoms with E-state index in [2.05, 4.69) is 15.0 Å². The highest BCUT2D eigenvalue weighted by molar-refractivity contribution is 5.94. The fourth-order valence-corrected chi connectivity index (χ4v) is 1.75. The van der Waals surface area contributed by atoms with E-state index in [-0.39, 0.29) is 5.91 Å². The van der Waals surface area contributed by atoms with Gasteiger partial charge in [-0.2, -0.15) is 0 Å². The van der Waals surface area contributed by atoms with Crippen LogP contribution in [0.5, 0.6) is 0 Å². The van der Waals surface area contributed by atoms with Crippen LogP contribution in [-0.4, -0.2) is 55.0 Å². The number of likely N-dealkylation sites (N-methyl/N-ethyl adjacent to an activating group) is 1. The van der Waals surface area contributed by atoms with Gasteiger partial charge in [-0.15, -0.1) is 0 Å². The van der Waals surface area contributed by atoms with Crippen molar-refractivity contribution in [3.8, 4) is 0 Å². The number of ether oxygens (including phenoxy) is 1. The number of carbonyl (C=O) groups excluding carboxylic acids is 2. The Morgan fingerprint density at radius 2 is 2.17 bits per heavy atom. The second-order valence-corrected chi connectivity index (χ2v) is 4.12. The minimum Gasteiger partial charge on any atom is -0.465 e. The number of hydrogen-bond donors (Lipinski definition) is 1. The summed E-state index contributed by atoms with van der Waals surface area (Å²) in [4.78, 5) is 28.9. The van der Waals surface area contributed by atoms with Gasteiger partial charge >= 0.3 is 5.97 Å². The number of hydrogen-bond acceptors (Lipinski definition) is 5. The lowest BCUT2D eigenvalue weighted by molar-refractivity contribution is 0.0565. The number of amides is 1. The topological polar surface area (TPSA) is 71.5 Å². The van der Waals surface area contributed by atoms with Crippen molar-refractivity contribution in [2.75, 3.05) is 27.2 Å². The molecule has 0 bridgehead atoms. The van der Waals surface area contributed by atoms with Crippen LogP contribution in [0.3, 0.4) is 0 Å². The summed E-state index contributed by atoms with van der Waals surface area (Å²) in [7, 11) is 3.18. The molecule has 2 heterocycles. The van der Waals surface area contributed by atoms with Crippen LogP contribution < -0.4 is 5.32 Å². The van der Waals surface area contributed by atoms with E-state index >= 15 is 0 Å². The van der Waals surface area contributed by atoms with Crippen molar-refractivity contribution >= 4 is 11.9 Å². The van der Waals surface area contributed by atoms with E-state index in [0.717, 1.165) is 0 Å². The van der Waals surface area contributed by atoms with Gasteiger partial charge in [0, 0.05) is 25.3 Å². The van der Waals surface area contributed by atoms with Gasteiger partial charge in [-0.3, -0.25) is 9.78 Å². The van der Waals surface area contributed by atoms with Gasteiger partial charge in [-0.05, 0) is 19.2 Å². The lowest BCUT2D eigenvalue weighted by Crippen LogP contribution is -2.59. The largest absolute Gasteiger partial charge is 0.465 e. The van der Waals surface area contributed by atoms with Crippen LogP contribution in [-0.2, 0) is 4.74 Å². The molecule has 96 valence electrons. The molecule has 0 unspecified atom stereocenters. The number of aromatic nitrogens is 1. The third kappa shape index (κ3) is 2.33. The molecular formula is C12H15N3O3. The van der Waals surface area contributed by atoms with E-state index < -0.39 is 5.97 Å². The average molecular weight is 249 g/mol. The number of carbonyl (C=O) groups is 2. The maximum Gasteiger partial charge on any atom is 0.339 e. The third-order valence-electron chi connectivity index (χ3n) is 2.98. The zero-order valence-electron chi connectivity index (χ0n) is 10.3. The number of esters is 1. The molecule has 1 aliphatic heterocycles. The first kappa shape index (κ1) is 12.5. The molecule has 1 aliphatic rings. The van der Waals surface area contributed by atoms with Crippen LogP contribution in [0.25, 0.3) is 0 Å². The summed E-state index contributed by atoms with van der Waals surface area (Å²) in [6, 6.07) is 3.45. The zero-order chi connectivity index (χ0) is 13.1. The number of likely N-dealkylation sites (tertiary alicyclic amines) is 1. The van der Waals surface area contributed by atoms with Gasteiger partial charge in [0.25, 0.3) is 5.91 Å². The van der Waals surface area contributed by atoms with E-state index in [1.807, 2.05) is 7.05 Å². The molecule has 6 heteroatoms. The maximum absolute atomic E-state index is 12.0. The van der Waals surface area contributed by atoms with Gasteiger partial charge in [0.1, 0.15) is 5.69 Å². The van der Waals surface area contributed by atoms with E-state index in [9.17, 15) is 9.59 Å². The summed E-state index contributed by atoms with van der Waals surface area (Å²) in [6.45, 7) is 1.38. The quantitative estimate of drug-likeness (QED) is 0.758. The molecule has 1 aromatic heterocycles. The normalized spacial score (nSPS) is 15.1. The van der Waals surface area contributed by atoms with Crippen molar-refractivity contribution in [2.24, 2.45) is 0 Å². The van der Waals surface area contributed by atoms with Crippen molar-refractivity contribution in [3.63, 3.8) is 0 Å². The Morgan fingerprint density at radius 3 is 2.67 bits per heavy atom. The fraction of sp³-hybridized carbons (Fsp3) is 0.417. The number of nitrogens with zero attached hydrogens (tertiary/aromatic N) is 2. The van der Waals surface area contributed by atoms with E-state index in [1.165, 1.54) is 13.3 Å². The lowest BCUT2D eigenvalue weighted by atomic mass is 10.1. The van der Waals surface area contributed by atoms with Gasteiger partial charge in [-0.25, -0.2) is 4.79 Å². The van der Waals surface area contributed by atoms with Crippen molar-refractivity contribution in [1.82, 2.24) is 15.2 Å². The molecule has 2 rings (SSSR count). The molecule has 0 aromatic carbocycles. The average Bonchev–Trinajstić information content (AvgIpc) is 2.36. The van der Waals surface area contributed by atoms with E-state index in [0.29, 0.717) is 30.4 Å². The van der Waals surface area contributed by atoms with E-state index in [4.69, 9.17) is 0 Å². The molecule has 6 nitrogen and oxygen atoms in total. The van der Waals surface area contributed by atoms with Crippen molar-refractivity contribution < 1.29 is 14.3 Å². The van der Waals surface area contributed by atoms with Crippen LogP contribution in [0.4, 0.5) is 0 Å². The van der Waals surface area contributed by atoms with Gasteiger partial charge in [0.05, 0.1) is 12.7 Å². The summed E-state index contributed by atoms with van der Waals surface area (Å²) in [5.41, 5.74) is 0.683. The second kappa shape index (κ2) is 5.14. The predicted octanol–water partition coefficient (Wildman–Crippen LogP) is -0.0880. The van der Waals surface area contributed by atoms with Crippen LogP contribution in [0.2, 0.25) is 0 Å². The molecule has 0 spiro atoms. The fourth-order valence-electron chi connectivity index (χ4n) is 1.75. The number of pyridine rings is 1. The Morgan fingerprint density at radius 1 is 1.44 bits per heavy atom. The smallest absolute Gasteiger partial charge is 0.339 e. The summed E-state index contributed by atoms with van der Waals surface area (Å²) in [5.74, 6) is -0.571. The second-order valence-electron chi connectivity index (χ2n) is 4.12. The Bertz CT molecular complexity index is 452. The van der Waals surface area contributed by atoms with Crippen LogP contribution in [0.15, 0.2) is 18.3 Å². The zero-order valence-corrected chi connectivity index (χ0v) is 10.3. The van der Waals surface area contributed by atoms with Crippen molar-refractivity contribution in [1.29, 1.82) is 0 Å². The van der Waals surface area contributed by atoms with Gasteiger partial charge in [-0.1, -0.05) is 0 Å². The van der Waals surface area contributed by atoms with Crippen molar-refractivity contribution in [2.45, 2.75) is 6.04 Å². The minimum atomic E-state index is -0.458. The Labute approximate surface area is 105 Å². The Hall–Kier alpha value is -1.95. The molecule has 1 N–H and O–H groups in total. The predicted molar refractivity (Wildman–Crippen MR) is 64.3 cm³/mol. The molecule has 1 aromatic rings. The SMILES string of the molecule is CNC1CN(C(=O)c2ccc(C(=O)OC)cn2)C1. The molecule has 1 amide bonds. The standard InChI is InChI=1S/C12H15N3O3/c1-13-9-6-15(7-9)11(16)10-4-3-8(5-14-10)12(17)18-2/h3-5,9,13H,6-7H2,1-2H3. The van der Waals surface area contributed by atoms with Crippen LogP contribution in [0, 0.1) is 0 Å². The summed E-state index contributed by atoms with van der Waals surface area (Å²) < 4.78 is 4.56. The van der Waals surface area contributed by atoms with E-state index in [1.54, 1.807) is 17.0 Å². The number of rotatable bonds is 3. The Kier molecular flexibility index (Phi) is 3.57. The first-order valence-corrected chi connectivity index (χ1v) is 5.66. The first-order chi connectivity index (χ1) is 8.65. The van der Waals surface area contributed by atoms with Crippen LogP contribution in [0.1, 0.15) is 20.8 Å². The molecule has 1 fully saturated rings. The molecular weight excluding hydrogens is 234 g/mol. The maximum atomic E-state index is 12.0. The number of nitrogens with one attached hydrogen (secondary N) is 1. The summed E-state index contributed by atoms with van der Waals surface area (Å²) >= 11 is 0. The van der Waals surface area contributed by atoms with Gasteiger partial charge in [0.2, 0.25) is 0 Å². The minimum absolute atomic E-state index is 0.113. The number of methoxy groups -OCH3 is 1. The molecule has 0 aliphatic carbocycles. The molecule has 0 radical (unpaired) electrons. The highest BCUT2D eigenvalue weighted by Crippen LogP contribution is 2.12. The lowest BCUT2D eigenvalue weighted by Gasteiger charge is -2.38. The Balaban J connectivity index is 2.02. The monoisotopic (exact) mass is 249 g/mol. The van der Waals surface area contributed by atoms with Crippen molar-refractivity contribution in [3.05, 3.63) is 29.6 Å². The first-order valence-electron chi connectivity index (χ1n) is 5.66. The van der Waals surface area contributed by atoms with Gasteiger partial charge < -0.3 is 15.0 Å². The highest BCUT2D eigenvalue weighted by atomic mass is 16.5. The third-order valence-corrected chi connectivity index (χ3v) is 2.98. The molecule has 0 saturated carbocycles. The molecule has 1 saturated heterocycles. The molecule has 18 heavy (non-hydrogen) atoms. The molecule has 0 atom stereocenters. The van der Waals surface area contributed by atoms with Crippen LogP contribution >= 0.6 is 0 Å². The van der Waals surface area contributed by atoms with Gasteiger partial charge in [0.15, 0.2) is 0 Å². The summed E-state index contributed by atoms with van der Waals surface area (Å²) in [6.07, 6.45) is 1.36.